The van der Waals surface area contributed by atoms with Gasteiger partial charge in [-0.15, -0.1) is 0 Å². The van der Waals surface area contributed by atoms with E-state index in [-0.39, 0.29) is 11.6 Å². The minimum absolute atomic E-state index is 0.0122. The van der Waals surface area contributed by atoms with Crippen LogP contribution in [-0.4, -0.2) is 36.5 Å². The average Bonchev–Trinajstić information content (AvgIpc) is 2.46. The van der Waals surface area contributed by atoms with Gasteiger partial charge in [0.2, 0.25) is 0 Å². The van der Waals surface area contributed by atoms with Gasteiger partial charge in [0.15, 0.2) is 17.5 Å². The molecule has 1 aromatic rings. The summed E-state index contributed by atoms with van der Waals surface area (Å²) in [5.41, 5.74) is -0.192. The molecule has 21 heavy (non-hydrogen) atoms. The topological polar surface area (TPSA) is 32.3 Å². The molecular weight excluding hydrogens is 281 g/mol. The summed E-state index contributed by atoms with van der Waals surface area (Å²) in [5.74, 6) is -4.82. The third-order valence-electron chi connectivity index (χ3n) is 3.71. The average molecular weight is 300 g/mol. The van der Waals surface area contributed by atoms with Crippen molar-refractivity contribution in [3.8, 4) is 0 Å². The van der Waals surface area contributed by atoms with Crippen molar-refractivity contribution in [2.24, 2.45) is 0 Å². The maximum Gasteiger partial charge on any atom is 0.251 e. The van der Waals surface area contributed by atoms with Crippen molar-refractivity contribution in [2.45, 2.75) is 32.2 Å². The van der Waals surface area contributed by atoms with Crippen LogP contribution in [0.15, 0.2) is 12.1 Å². The fourth-order valence-electron chi connectivity index (χ4n) is 2.57. The maximum atomic E-state index is 13.1. The molecule has 1 N–H and O–H groups in total. The van der Waals surface area contributed by atoms with Crippen molar-refractivity contribution in [1.29, 1.82) is 0 Å². The van der Waals surface area contributed by atoms with Gasteiger partial charge in [-0.1, -0.05) is 6.92 Å². The highest BCUT2D eigenvalue weighted by Gasteiger charge is 2.22. The van der Waals surface area contributed by atoms with E-state index in [2.05, 4.69) is 17.1 Å². The largest absolute Gasteiger partial charge is 0.349 e. The molecular formula is C15H19F3N2O. The van der Waals surface area contributed by atoms with Gasteiger partial charge in [-0.3, -0.25) is 4.79 Å². The molecule has 2 rings (SSSR count). The summed E-state index contributed by atoms with van der Waals surface area (Å²) in [5, 5.41) is 2.75. The van der Waals surface area contributed by atoms with E-state index in [1.165, 1.54) is 0 Å². The van der Waals surface area contributed by atoms with E-state index in [1.54, 1.807) is 0 Å². The molecule has 0 bridgehead atoms. The molecule has 3 nitrogen and oxygen atoms in total. The number of rotatable bonds is 4. The molecule has 0 atom stereocenters. The number of hydrogen-bond acceptors (Lipinski definition) is 2. The third kappa shape index (κ3) is 3.97. The number of likely N-dealkylation sites (tertiary alicyclic amines) is 1. The van der Waals surface area contributed by atoms with Crippen LogP contribution in [0.1, 0.15) is 36.5 Å². The molecule has 1 aromatic carbocycles. The van der Waals surface area contributed by atoms with Gasteiger partial charge in [-0.25, -0.2) is 13.2 Å². The van der Waals surface area contributed by atoms with Gasteiger partial charge >= 0.3 is 0 Å². The Bertz CT molecular complexity index is 491. The van der Waals surface area contributed by atoms with Crippen molar-refractivity contribution < 1.29 is 18.0 Å². The Kier molecular flexibility index (Phi) is 5.22. The Morgan fingerprint density at radius 3 is 2.33 bits per heavy atom. The van der Waals surface area contributed by atoms with Crippen molar-refractivity contribution in [3.05, 3.63) is 35.1 Å². The highest BCUT2D eigenvalue weighted by molar-refractivity contribution is 5.94. The number of halogens is 3. The summed E-state index contributed by atoms with van der Waals surface area (Å²) < 4.78 is 39.1. The lowest BCUT2D eigenvalue weighted by molar-refractivity contribution is 0.0910. The van der Waals surface area contributed by atoms with Crippen molar-refractivity contribution in [1.82, 2.24) is 10.2 Å². The first-order valence-electron chi connectivity index (χ1n) is 7.19. The van der Waals surface area contributed by atoms with E-state index >= 15 is 0 Å². The fraction of sp³-hybridized carbons (Fsp3) is 0.533. The highest BCUT2D eigenvalue weighted by Crippen LogP contribution is 2.15. The zero-order valence-corrected chi connectivity index (χ0v) is 12.0. The second-order valence-electron chi connectivity index (χ2n) is 5.34. The number of nitrogens with zero attached hydrogens (tertiary/aromatic N) is 1. The van der Waals surface area contributed by atoms with Crippen LogP contribution in [0, 0.1) is 17.5 Å². The smallest absolute Gasteiger partial charge is 0.251 e. The standard InChI is InChI=1S/C15H19F3N2O/c1-2-5-20-6-3-11(4-7-20)19-15(21)10-8-12(16)14(18)13(17)9-10/h8-9,11H,2-7H2,1H3,(H,19,21). The minimum atomic E-state index is -1.56. The van der Waals surface area contributed by atoms with Crippen LogP contribution in [0.25, 0.3) is 0 Å². The molecule has 0 saturated carbocycles. The van der Waals surface area contributed by atoms with E-state index in [9.17, 15) is 18.0 Å². The molecule has 6 heteroatoms. The van der Waals surface area contributed by atoms with Crippen LogP contribution in [0.4, 0.5) is 13.2 Å². The lowest BCUT2D eigenvalue weighted by Crippen LogP contribution is -2.44. The van der Waals surface area contributed by atoms with E-state index in [4.69, 9.17) is 0 Å². The van der Waals surface area contributed by atoms with Crippen LogP contribution in [0.5, 0.6) is 0 Å². The molecule has 1 amide bonds. The van der Waals surface area contributed by atoms with Crippen LogP contribution < -0.4 is 5.32 Å². The molecule has 0 unspecified atom stereocenters. The van der Waals surface area contributed by atoms with Crippen molar-refractivity contribution >= 4 is 5.91 Å². The lowest BCUT2D eigenvalue weighted by Gasteiger charge is -2.32. The summed E-state index contributed by atoms with van der Waals surface area (Å²) in [7, 11) is 0. The second-order valence-corrected chi connectivity index (χ2v) is 5.34. The first kappa shape index (κ1) is 15.8. The van der Waals surface area contributed by atoms with E-state index in [0.717, 1.165) is 51.0 Å². The Hall–Kier alpha value is -1.56. The predicted molar refractivity (Wildman–Crippen MR) is 73.5 cm³/mol. The molecule has 116 valence electrons. The van der Waals surface area contributed by atoms with Gasteiger partial charge < -0.3 is 10.2 Å². The number of benzene rings is 1. The van der Waals surface area contributed by atoms with Crippen molar-refractivity contribution in [3.63, 3.8) is 0 Å². The van der Waals surface area contributed by atoms with Crippen LogP contribution in [0.2, 0.25) is 0 Å². The van der Waals surface area contributed by atoms with Gasteiger partial charge in [-0.05, 0) is 37.9 Å². The van der Waals surface area contributed by atoms with Gasteiger partial charge in [0.05, 0.1) is 0 Å². The van der Waals surface area contributed by atoms with Crippen LogP contribution in [0.3, 0.4) is 0 Å². The number of amides is 1. The predicted octanol–water partition coefficient (Wildman–Crippen LogP) is 2.71. The van der Waals surface area contributed by atoms with Crippen molar-refractivity contribution in [2.75, 3.05) is 19.6 Å². The number of piperidine rings is 1. The van der Waals surface area contributed by atoms with Gasteiger partial charge in [0, 0.05) is 24.7 Å². The normalized spacial score (nSPS) is 17.0. The van der Waals surface area contributed by atoms with E-state index < -0.39 is 23.4 Å². The van der Waals surface area contributed by atoms with Crippen LogP contribution >= 0.6 is 0 Å². The molecule has 0 aliphatic carbocycles. The highest BCUT2D eigenvalue weighted by atomic mass is 19.2. The summed E-state index contributed by atoms with van der Waals surface area (Å²) in [4.78, 5) is 14.3. The minimum Gasteiger partial charge on any atom is -0.349 e. The Morgan fingerprint density at radius 1 is 1.24 bits per heavy atom. The molecule has 0 aromatic heterocycles. The zero-order valence-electron chi connectivity index (χ0n) is 12.0. The molecule has 1 heterocycles. The van der Waals surface area contributed by atoms with Crippen LogP contribution in [-0.2, 0) is 0 Å². The summed E-state index contributed by atoms with van der Waals surface area (Å²) in [6.07, 6.45) is 2.70. The molecule has 1 aliphatic rings. The zero-order chi connectivity index (χ0) is 15.4. The van der Waals surface area contributed by atoms with E-state index in [1.807, 2.05) is 0 Å². The Labute approximate surface area is 122 Å². The first-order chi connectivity index (χ1) is 10.0. The Morgan fingerprint density at radius 2 is 1.81 bits per heavy atom. The third-order valence-corrected chi connectivity index (χ3v) is 3.71. The maximum absolute atomic E-state index is 13.1. The molecule has 1 saturated heterocycles. The number of hydrogen-bond donors (Lipinski definition) is 1. The van der Waals surface area contributed by atoms with Gasteiger partial charge in [-0.2, -0.15) is 0 Å². The molecule has 1 fully saturated rings. The second kappa shape index (κ2) is 6.93. The monoisotopic (exact) mass is 300 g/mol. The summed E-state index contributed by atoms with van der Waals surface area (Å²) in [6, 6.07) is 1.43. The lowest BCUT2D eigenvalue weighted by atomic mass is 10.0. The number of carbonyl (C=O) groups excluding carboxylic acids is 1. The Balaban J connectivity index is 1.93. The fourth-order valence-corrected chi connectivity index (χ4v) is 2.57. The number of carbonyl (C=O) groups is 1. The summed E-state index contributed by atoms with van der Waals surface area (Å²) in [6.45, 7) is 4.94. The SMILES string of the molecule is CCCN1CCC(NC(=O)c2cc(F)c(F)c(F)c2)CC1. The quantitative estimate of drug-likeness (QED) is 0.867. The van der Waals surface area contributed by atoms with E-state index in [0.29, 0.717) is 0 Å². The molecule has 0 spiro atoms. The molecule has 0 radical (unpaired) electrons. The first-order valence-corrected chi connectivity index (χ1v) is 7.19. The summed E-state index contributed by atoms with van der Waals surface area (Å²) >= 11 is 0. The number of nitrogens with one attached hydrogen (secondary N) is 1. The van der Waals surface area contributed by atoms with Gasteiger partial charge in [0.1, 0.15) is 0 Å². The molecule has 1 aliphatic heterocycles. The van der Waals surface area contributed by atoms with Gasteiger partial charge in [0.25, 0.3) is 5.91 Å².